The summed E-state index contributed by atoms with van der Waals surface area (Å²) < 4.78 is 23.5. The van der Waals surface area contributed by atoms with Gasteiger partial charge in [0.15, 0.2) is 17.7 Å². The topological polar surface area (TPSA) is 88.4 Å². The van der Waals surface area contributed by atoms with Crippen molar-refractivity contribution in [1.82, 2.24) is 0 Å². The molecule has 0 aliphatic carbocycles. The van der Waals surface area contributed by atoms with E-state index in [2.05, 4.69) is 5.32 Å². The molecule has 7 heteroatoms. The summed E-state index contributed by atoms with van der Waals surface area (Å²) in [5.74, 6) is -1.66. The molecule has 0 fully saturated rings. The monoisotopic (exact) mass is 356 g/mol. The van der Waals surface area contributed by atoms with Crippen molar-refractivity contribution in [2.45, 2.75) is 19.4 Å². The highest BCUT2D eigenvalue weighted by Crippen LogP contribution is 2.18. The Balaban J connectivity index is 1.90. The maximum atomic E-state index is 13.6. The molecule has 0 aromatic heterocycles. The number of benzene rings is 2. The number of halogens is 1. The van der Waals surface area contributed by atoms with E-state index in [-0.39, 0.29) is 12.2 Å². The normalized spacial score (nSPS) is 11.2. The number of carbonyl (C=O) groups is 2. The number of nitriles is 1. The maximum absolute atomic E-state index is 13.6. The fourth-order valence-electron chi connectivity index (χ4n) is 2.15. The first-order valence-electron chi connectivity index (χ1n) is 7.76. The SMILES string of the molecule is COc1ccc(CC(=O)O[C@H](C)C(=O)Nc2ccc(C#N)cc2)cc1F. The smallest absolute Gasteiger partial charge is 0.311 e. The molecule has 0 aliphatic rings. The Bertz CT molecular complexity index is 844. The van der Waals surface area contributed by atoms with Crippen LogP contribution in [0.4, 0.5) is 10.1 Å². The van der Waals surface area contributed by atoms with Crippen molar-refractivity contribution < 1.29 is 23.5 Å². The number of amides is 1. The minimum Gasteiger partial charge on any atom is -0.494 e. The summed E-state index contributed by atoms with van der Waals surface area (Å²) in [5, 5.41) is 11.3. The number of carbonyl (C=O) groups excluding carboxylic acids is 2. The number of hydrogen-bond acceptors (Lipinski definition) is 5. The van der Waals surface area contributed by atoms with Gasteiger partial charge in [0.2, 0.25) is 0 Å². The number of nitrogens with one attached hydrogen (secondary N) is 1. The van der Waals surface area contributed by atoms with Crippen LogP contribution in [0.3, 0.4) is 0 Å². The Hall–Kier alpha value is -3.40. The van der Waals surface area contributed by atoms with Crippen molar-refractivity contribution >= 4 is 17.6 Å². The highest BCUT2D eigenvalue weighted by atomic mass is 19.1. The first kappa shape index (κ1) is 18.9. The Kier molecular flexibility index (Phi) is 6.28. The second kappa shape index (κ2) is 8.62. The highest BCUT2D eigenvalue weighted by Gasteiger charge is 2.18. The van der Waals surface area contributed by atoms with Crippen LogP contribution in [-0.2, 0) is 20.7 Å². The molecule has 0 bridgehead atoms. The Labute approximate surface area is 150 Å². The van der Waals surface area contributed by atoms with E-state index >= 15 is 0 Å². The summed E-state index contributed by atoms with van der Waals surface area (Å²) in [6.45, 7) is 1.44. The third-order valence-electron chi connectivity index (χ3n) is 3.52. The van der Waals surface area contributed by atoms with Gasteiger partial charge in [0.05, 0.1) is 25.2 Å². The van der Waals surface area contributed by atoms with Crippen LogP contribution in [0.25, 0.3) is 0 Å². The van der Waals surface area contributed by atoms with Gasteiger partial charge in [0, 0.05) is 5.69 Å². The molecule has 0 saturated carbocycles. The number of ether oxygens (including phenoxy) is 2. The summed E-state index contributed by atoms with van der Waals surface area (Å²) in [5.41, 5.74) is 1.36. The predicted molar refractivity (Wildman–Crippen MR) is 92.0 cm³/mol. The molecular weight excluding hydrogens is 339 g/mol. The van der Waals surface area contributed by atoms with Gasteiger partial charge in [-0.15, -0.1) is 0 Å². The summed E-state index contributed by atoms with van der Waals surface area (Å²) in [7, 11) is 1.35. The van der Waals surface area contributed by atoms with E-state index in [1.54, 1.807) is 30.3 Å². The number of anilines is 1. The van der Waals surface area contributed by atoms with Crippen LogP contribution in [0.1, 0.15) is 18.1 Å². The van der Waals surface area contributed by atoms with Gasteiger partial charge in [0.1, 0.15) is 0 Å². The number of esters is 1. The molecule has 2 aromatic rings. The van der Waals surface area contributed by atoms with E-state index in [1.165, 1.54) is 26.2 Å². The third-order valence-corrected chi connectivity index (χ3v) is 3.52. The van der Waals surface area contributed by atoms with Gasteiger partial charge in [-0.25, -0.2) is 4.39 Å². The van der Waals surface area contributed by atoms with E-state index < -0.39 is 23.8 Å². The second-order valence-corrected chi connectivity index (χ2v) is 5.46. The Morgan fingerprint density at radius 3 is 2.50 bits per heavy atom. The number of methoxy groups -OCH3 is 1. The molecule has 0 unspecified atom stereocenters. The van der Waals surface area contributed by atoms with Gasteiger partial charge >= 0.3 is 5.97 Å². The standard InChI is InChI=1S/C19H17FN2O4/c1-12(19(24)22-15-6-3-13(11-21)4-7-15)26-18(23)10-14-5-8-17(25-2)16(20)9-14/h3-9,12H,10H2,1-2H3,(H,22,24)/t12-/m1/s1. The van der Waals surface area contributed by atoms with Crippen LogP contribution in [0.5, 0.6) is 5.75 Å². The quantitative estimate of drug-likeness (QED) is 0.804. The van der Waals surface area contributed by atoms with Gasteiger partial charge in [-0.3, -0.25) is 9.59 Å². The first-order valence-corrected chi connectivity index (χ1v) is 7.76. The zero-order valence-corrected chi connectivity index (χ0v) is 14.3. The minimum absolute atomic E-state index is 0.0808. The average Bonchev–Trinajstić information content (AvgIpc) is 2.62. The van der Waals surface area contributed by atoms with Crippen LogP contribution in [0.15, 0.2) is 42.5 Å². The van der Waals surface area contributed by atoms with E-state index in [0.717, 1.165) is 0 Å². The fourth-order valence-corrected chi connectivity index (χ4v) is 2.15. The Morgan fingerprint density at radius 2 is 1.92 bits per heavy atom. The average molecular weight is 356 g/mol. The first-order chi connectivity index (χ1) is 12.4. The molecule has 2 rings (SSSR count). The van der Waals surface area contributed by atoms with Crippen molar-refractivity contribution in [3.8, 4) is 11.8 Å². The number of rotatable bonds is 6. The molecule has 6 nitrogen and oxygen atoms in total. The van der Waals surface area contributed by atoms with Gasteiger partial charge < -0.3 is 14.8 Å². The van der Waals surface area contributed by atoms with E-state index in [4.69, 9.17) is 14.7 Å². The molecule has 1 amide bonds. The lowest BCUT2D eigenvalue weighted by molar-refractivity contribution is -0.152. The zero-order valence-electron chi connectivity index (χ0n) is 14.3. The largest absolute Gasteiger partial charge is 0.494 e. The summed E-state index contributed by atoms with van der Waals surface area (Å²) >= 11 is 0. The van der Waals surface area contributed by atoms with Crippen molar-refractivity contribution in [3.05, 3.63) is 59.4 Å². The molecule has 0 radical (unpaired) electrons. The lowest BCUT2D eigenvalue weighted by Gasteiger charge is -2.14. The highest BCUT2D eigenvalue weighted by molar-refractivity contribution is 5.95. The van der Waals surface area contributed by atoms with Crippen LogP contribution < -0.4 is 10.1 Å². The van der Waals surface area contributed by atoms with Crippen LogP contribution in [0.2, 0.25) is 0 Å². The summed E-state index contributed by atoms with van der Waals surface area (Å²) in [6.07, 6.45) is -1.20. The summed E-state index contributed by atoms with van der Waals surface area (Å²) in [6, 6.07) is 12.4. The molecule has 0 heterocycles. The van der Waals surface area contributed by atoms with Gasteiger partial charge in [-0.2, -0.15) is 5.26 Å². The molecule has 0 aliphatic heterocycles. The molecule has 0 saturated heterocycles. The predicted octanol–water partition coefficient (Wildman–Crippen LogP) is 2.82. The maximum Gasteiger partial charge on any atom is 0.311 e. The second-order valence-electron chi connectivity index (χ2n) is 5.46. The lowest BCUT2D eigenvalue weighted by atomic mass is 10.1. The number of nitrogens with zero attached hydrogens (tertiary/aromatic N) is 1. The van der Waals surface area contributed by atoms with Crippen LogP contribution >= 0.6 is 0 Å². The molecule has 0 spiro atoms. The molecule has 1 N–H and O–H groups in total. The molecular formula is C19H17FN2O4. The Morgan fingerprint density at radius 1 is 1.23 bits per heavy atom. The zero-order chi connectivity index (χ0) is 19.1. The van der Waals surface area contributed by atoms with E-state index in [9.17, 15) is 14.0 Å². The number of hydrogen-bond donors (Lipinski definition) is 1. The van der Waals surface area contributed by atoms with E-state index in [1.807, 2.05) is 6.07 Å². The van der Waals surface area contributed by atoms with Crippen molar-refractivity contribution in [1.29, 1.82) is 5.26 Å². The van der Waals surface area contributed by atoms with Crippen molar-refractivity contribution in [2.24, 2.45) is 0 Å². The van der Waals surface area contributed by atoms with Crippen molar-refractivity contribution in [2.75, 3.05) is 12.4 Å². The fraction of sp³-hybridized carbons (Fsp3) is 0.211. The van der Waals surface area contributed by atoms with Crippen LogP contribution in [-0.4, -0.2) is 25.1 Å². The summed E-state index contributed by atoms with van der Waals surface area (Å²) in [4.78, 5) is 24.0. The van der Waals surface area contributed by atoms with E-state index in [0.29, 0.717) is 16.8 Å². The van der Waals surface area contributed by atoms with Crippen molar-refractivity contribution in [3.63, 3.8) is 0 Å². The third kappa shape index (κ3) is 5.05. The van der Waals surface area contributed by atoms with Gasteiger partial charge in [-0.05, 0) is 48.9 Å². The van der Waals surface area contributed by atoms with Gasteiger partial charge in [-0.1, -0.05) is 6.07 Å². The minimum atomic E-state index is -1.03. The van der Waals surface area contributed by atoms with Crippen LogP contribution in [0, 0.1) is 17.1 Å². The van der Waals surface area contributed by atoms with Gasteiger partial charge in [0.25, 0.3) is 5.91 Å². The lowest BCUT2D eigenvalue weighted by Crippen LogP contribution is -2.30. The molecule has 2 aromatic carbocycles. The molecule has 1 atom stereocenters. The molecule has 26 heavy (non-hydrogen) atoms. The molecule has 134 valence electrons.